The van der Waals surface area contributed by atoms with E-state index in [1.165, 1.54) is 29.2 Å². The molecule has 3 rings (SSSR count). The van der Waals surface area contributed by atoms with Crippen molar-refractivity contribution in [3.63, 3.8) is 0 Å². The largest absolute Gasteiger partial charge is 0.356 e. The number of aryl methyl sites for hydroxylation is 1. The van der Waals surface area contributed by atoms with Gasteiger partial charge in [-0.05, 0) is 41.5 Å². The van der Waals surface area contributed by atoms with Crippen LogP contribution >= 0.6 is 0 Å². The number of fused-ring (bicyclic) bond motifs is 1. The molecule has 1 aliphatic rings. The van der Waals surface area contributed by atoms with E-state index >= 15 is 0 Å². The van der Waals surface area contributed by atoms with Gasteiger partial charge in [0.1, 0.15) is 0 Å². The van der Waals surface area contributed by atoms with Gasteiger partial charge in [0, 0.05) is 13.0 Å². The van der Waals surface area contributed by atoms with Crippen molar-refractivity contribution in [1.82, 2.24) is 5.32 Å². The Morgan fingerprint density at radius 1 is 1.11 bits per heavy atom. The molecule has 1 aliphatic carbocycles. The van der Waals surface area contributed by atoms with Gasteiger partial charge in [0.05, 0.1) is 0 Å². The Hall–Kier alpha value is -1.83. The van der Waals surface area contributed by atoms with E-state index in [1.807, 2.05) is 6.07 Å². The van der Waals surface area contributed by atoms with Gasteiger partial charge in [-0.1, -0.05) is 42.5 Å². The third-order valence-electron chi connectivity index (χ3n) is 3.74. The summed E-state index contributed by atoms with van der Waals surface area (Å²) in [5.41, 5.74) is 1.24. The van der Waals surface area contributed by atoms with E-state index in [9.17, 15) is 4.79 Å². The molecule has 1 N–H and O–H groups in total. The zero-order valence-electron chi connectivity index (χ0n) is 11.1. The number of hydrogen-bond acceptors (Lipinski definition) is 1. The highest BCUT2D eigenvalue weighted by Gasteiger charge is 2.21. The molecule has 2 aromatic rings. The van der Waals surface area contributed by atoms with Gasteiger partial charge in [0.2, 0.25) is 5.91 Å². The van der Waals surface area contributed by atoms with Crippen molar-refractivity contribution >= 4 is 16.7 Å². The SMILES string of the molecule is O=C(CCc1ccc2ccccc2c1)NCC1CC1. The van der Waals surface area contributed by atoms with Gasteiger partial charge >= 0.3 is 0 Å². The average Bonchev–Trinajstić information content (AvgIpc) is 3.27. The van der Waals surface area contributed by atoms with Crippen LogP contribution in [0, 0.1) is 5.92 Å². The van der Waals surface area contributed by atoms with E-state index in [0.717, 1.165) is 18.9 Å². The van der Waals surface area contributed by atoms with Crippen LogP contribution in [0.5, 0.6) is 0 Å². The van der Waals surface area contributed by atoms with Crippen LogP contribution in [0.2, 0.25) is 0 Å². The van der Waals surface area contributed by atoms with Crippen molar-refractivity contribution in [3.8, 4) is 0 Å². The third kappa shape index (κ3) is 3.34. The molecule has 0 heterocycles. The first-order chi connectivity index (χ1) is 9.31. The van der Waals surface area contributed by atoms with Gasteiger partial charge in [0.15, 0.2) is 0 Å². The van der Waals surface area contributed by atoms with Crippen molar-refractivity contribution in [1.29, 1.82) is 0 Å². The molecule has 2 aromatic carbocycles. The number of carbonyl (C=O) groups is 1. The third-order valence-corrected chi connectivity index (χ3v) is 3.74. The fraction of sp³-hybridized carbons (Fsp3) is 0.353. The van der Waals surface area contributed by atoms with Gasteiger partial charge < -0.3 is 5.32 Å². The van der Waals surface area contributed by atoms with Crippen LogP contribution < -0.4 is 5.32 Å². The smallest absolute Gasteiger partial charge is 0.220 e. The highest BCUT2D eigenvalue weighted by molar-refractivity contribution is 5.83. The molecule has 0 saturated heterocycles. The normalized spacial score (nSPS) is 14.5. The maximum absolute atomic E-state index is 11.7. The first-order valence-corrected chi connectivity index (χ1v) is 7.05. The van der Waals surface area contributed by atoms with E-state index in [2.05, 4.69) is 41.7 Å². The Balaban J connectivity index is 1.56. The maximum atomic E-state index is 11.7. The highest BCUT2D eigenvalue weighted by Crippen LogP contribution is 2.27. The standard InChI is InChI=1S/C17H19NO/c19-17(18-12-14-5-6-14)10-8-13-7-9-15-3-1-2-4-16(15)11-13/h1-4,7,9,11,14H,5-6,8,10,12H2,(H,18,19). The average molecular weight is 253 g/mol. The lowest BCUT2D eigenvalue weighted by molar-refractivity contribution is -0.121. The first kappa shape index (κ1) is 12.2. The lowest BCUT2D eigenvalue weighted by atomic mass is 10.0. The molecule has 2 heteroatoms. The molecule has 1 amide bonds. The molecule has 98 valence electrons. The fourth-order valence-electron chi connectivity index (χ4n) is 2.32. The monoisotopic (exact) mass is 253 g/mol. The van der Waals surface area contributed by atoms with E-state index in [0.29, 0.717) is 6.42 Å². The summed E-state index contributed by atoms with van der Waals surface area (Å²) < 4.78 is 0. The summed E-state index contributed by atoms with van der Waals surface area (Å²) in [5.74, 6) is 0.935. The Morgan fingerprint density at radius 3 is 2.68 bits per heavy atom. The second-order valence-electron chi connectivity index (χ2n) is 5.43. The quantitative estimate of drug-likeness (QED) is 0.870. The van der Waals surface area contributed by atoms with Crippen LogP contribution in [0.15, 0.2) is 42.5 Å². The molecule has 0 aromatic heterocycles. The topological polar surface area (TPSA) is 29.1 Å². The lowest BCUT2D eigenvalue weighted by Crippen LogP contribution is -2.25. The molecular weight excluding hydrogens is 234 g/mol. The molecule has 1 fully saturated rings. The predicted molar refractivity (Wildman–Crippen MR) is 78.0 cm³/mol. The van der Waals surface area contributed by atoms with Crippen molar-refractivity contribution < 1.29 is 4.79 Å². The molecule has 0 bridgehead atoms. The Morgan fingerprint density at radius 2 is 1.89 bits per heavy atom. The summed E-state index contributed by atoms with van der Waals surface area (Å²) >= 11 is 0. The van der Waals surface area contributed by atoms with E-state index < -0.39 is 0 Å². The van der Waals surface area contributed by atoms with Crippen LogP contribution in [-0.4, -0.2) is 12.5 Å². The van der Waals surface area contributed by atoms with Crippen LogP contribution in [0.4, 0.5) is 0 Å². The van der Waals surface area contributed by atoms with Gasteiger partial charge in [-0.15, -0.1) is 0 Å². The van der Waals surface area contributed by atoms with Gasteiger partial charge in [-0.2, -0.15) is 0 Å². The van der Waals surface area contributed by atoms with Crippen molar-refractivity contribution in [2.45, 2.75) is 25.7 Å². The van der Waals surface area contributed by atoms with Crippen LogP contribution in [0.1, 0.15) is 24.8 Å². The molecule has 0 spiro atoms. The minimum Gasteiger partial charge on any atom is -0.356 e. The molecule has 0 aliphatic heterocycles. The summed E-state index contributed by atoms with van der Waals surface area (Å²) in [4.78, 5) is 11.7. The fourth-order valence-corrected chi connectivity index (χ4v) is 2.32. The van der Waals surface area contributed by atoms with Crippen molar-refractivity contribution in [2.75, 3.05) is 6.54 Å². The summed E-state index contributed by atoms with van der Waals surface area (Å²) in [7, 11) is 0. The van der Waals surface area contributed by atoms with Gasteiger partial charge in [-0.3, -0.25) is 4.79 Å². The highest BCUT2D eigenvalue weighted by atomic mass is 16.1. The zero-order valence-corrected chi connectivity index (χ0v) is 11.1. The summed E-state index contributed by atoms with van der Waals surface area (Å²) in [6.07, 6.45) is 3.97. The second kappa shape index (κ2) is 5.43. The van der Waals surface area contributed by atoms with Crippen LogP contribution in [0.25, 0.3) is 10.8 Å². The molecule has 0 unspecified atom stereocenters. The molecule has 19 heavy (non-hydrogen) atoms. The summed E-state index contributed by atoms with van der Waals surface area (Å²) in [6.45, 7) is 0.872. The molecule has 1 saturated carbocycles. The van der Waals surface area contributed by atoms with Crippen molar-refractivity contribution in [3.05, 3.63) is 48.0 Å². The molecule has 0 atom stereocenters. The summed E-state index contributed by atoms with van der Waals surface area (Å²) in [5, 5.41) is 5.52. The number of rotatable bonds is 5. The van der Waals surface area contributed by atoms with Crippen molar-refractivity contribution in [2.24, 2.45) is 5.92 Å². The number of benzene rings is 2. The second-order valence-corrected chi connectivity index (χ2v) is 5.43. The van der Waals surface area contributed by atoms with Gasteiger partial charge in [0.25, 0.3) is 0 Å². The number of hydrogen-bond donors (Lipinski definition) is 1. The number of carbonyl (C=O) groups excluding carboxylic acids is 1. The minimum atomic E-state index is 0.181. The van der Waals surface area contributed by atoms with E-state index in [4.69, 9.17) is 0 Å². The predicted octanol–water partition coefficient (Wildman–Crippen LogP) is 3.30. The number of amides is 1. The minimum absolute atomic E-state index is 0.181. The Kier molecular flexibility index (Phi) is 3.49. The lowest BCUT2D eigenvalue weighted by Gasteiger charge is -2.05. The maximum Gasteiger partial charge on any atom is 0.220 e. The van der Waals surface area contributed by atoms with Crippen LogP contribution in [-0.2, 0) is 11.2 Å². The van der Waals surface area contributed by atoms with E-state index in [1.54, 1.807) is 0 Å². The Labute approximate surface area is 113 Å². The van der Waals surface area contributed by atoms with Crippen LogP contribution in [0.3, 0.4) is 0 Å². The zero-order chi connectivity index (χ0) is 13.1. The first-order valence-electron chi connectivity index (χ1n) is 7.05. The van der Waals surface area contributed by atoms with E-state index in [-0.39, 0.29) is 5.91 Å². The number of nitrogens with one attached hydrogen (secondary N) is 1. The molecular formula is C17H19NO. The van der Waals surface area contributed by atoms with Gasteiger partial charge in [-0.25, -0.2) is 0 Å². The Bertz CT molecular complexity index is 587. The molecule has 0 radical (unpaired) electrons. The molecule has 2 nitrogen and oxygen atoms in total. The summed E-state index contributed by atoms with van der Waals surface area (Å²) in [6, 6.07) is 14.8.